The average Bonchev–Trinajstić information content (AvgIpc) is 2.86. The summed E-state index contributed by atoms with van der Waals surface area (Å²) in [6, 6.07) is 17.1. The number of amides is 1. The van der Waals surface area contributed by atoms with Crippen molar-refractivity contribution < 1.29 is 27.4 Å². The summed E-state index contributed by atoms with van der Waals surface area (Å²) in [5.41, 5.74) is 0.721. The monoisotopic (exact) mass is 516 g/mol. The molecule has 10 heteroatoms. The number of nitrogens with zero attached hydrogens (tertiary/aromatic N) is 1. The van der Waals surface area contributed by atoms with Crippen LogP contribution in [0, 0.1) is 0 Å². The number of nitrogens with one attached hydrogen (secondary N) is 1. The van der Waals surface area contributed by atoms with Crippen molar-refractivity contribution in [1.82, 2.24) is 0 Å². The van der Waals surface area contributed by atoms with Gasteiger partial charge in [0.2, 0.25) is 5.91 Å². The summed E-state index contributed by atoms with van der Waals surface area (Å²) in [5.74, 6) is 0.603. The first kappa shape index (κ1) is 25.9. The Hall–Kier alpha value is -3.69. The third kappa shape index (κ3) is 6.46. The lowest BCUT2D eigenvalue weighted by Gasteiger charge is -2.24. The molecule has 0 fully saturated rings. The maximum atomic E-state index is 13.6. The molecule has 3 aromatic rings. The van der Waals surface area contributed by atoms with Gasteiger partial charge in [-0.05, 0) is 48.5 Å². The Balaban J connectivity index is 1.93. The zero-order valence-electron chi connectivity index (χ0n) is 19.2. The third-order valence-electron chi connectivity index (χ3n) is 4.83. The van der Waals surface area contributed by atoms with Crippen molar-refractivity contribution in [1.29, 1.82) is 0 Å². The number of methoxy groups -OCH3 is 2. The molecule has 1 N–H and O–H groups in total. The van der Waals surface area contributed by atoms with Crippen molar-refractivity contribution in [3.63, 3.8) is 0 Å². The highest BCUT2D eigenvalue weighted by Crippen LogP contribution is 2.32. The molecule has 0 atom stereocenters. The molecule has 0 aromatic heterocycles. The number of halogens is 1. The van der Waals surface area contributed by atoms with Gasteiger partial charge in [-0.3, -0.25) is 9.10 Å². The van der Waals surface area contributed by atoms with Crippen LogP contribution in [-0.2, 0) is 14.8 Å². The molecule has 0 aliphatic rings. The van der Waals surface area contributed by atoms with Gasteiger partial charge in [0.05, 0.1) is 24.8 Å². The maximum Gasteiger partial charge on any atom is 0.264 e. The van der Waals surface area contributed by atoms with Crippen LogP contribution in [0.5, 0.6) is 17.2 Å². The summed E-state index contributed by atoms with van der Waals surface area (Å²) in [6.45, 7) is 3.42. The molecule has 0 aliphatic heterocycles. The molecule has 0 saturated heterocycles. The molecule has 0 unspecified atom stereocenters. The number of ether oxygens (including phenoxy) is 3. The molecule has 0 radical (unpaired) electrons. The van der Waals surface area contributed by atoms with Gasteiger partial charge in [-0.25, -0.2) is 8.42 Å². The van der Waals surface area contributed by atoms with Crippen LogP contribution in [0.15, 0.2) is 84.3 Å². The molecule has 8 nitrogen and oxygen atoms in total. The number of carbonyl (C=O) groups is 1. The Morgan fingerprint density at radius 2 is 1.74 bits per heavy atom. The summed E-state index contributed by atoms with van der Waals surface area (Å²) in [4.78, 5) is 12.9. The van der Waals surface area contributed by atoms with Crippen LogP contribution in [0.3, 0.4) is 0 Å². The lowest BCUT2D eigenvalue weighted by molar-refractivity contribution is -0.114. The molecule has 3 aromatic carbocycles. The van der Waals surface area contributed by atoms with Gasteiger partial charge in [-0.2, -0.15) is 0 Å². The van der Waals surface area contributed by atoms with Crippen LogP contribution in [0.2, 0.25) is 5.02 Å². The van der Waals surface area contributed by atoms with Gasteiger partial charge in [-0.15, -0.1) is 0 Å². The van der Waals surface area contributed by atoms with Gasteiger partial charge in [0.1, 0.15) is 18.9 Å². The molecule has 0 bridgehead atoms. The van der Waals surface area contributed by atoms with E-state index in [0.717, 1.165) is 4.31 Å². The SMILES string of the molecule is C=CCOc1cccc(NC(=O)CN(c2ccc(Cl)cc2)S(=O)(=O)c2ccc(OC)c(OC)c2)c1. The van der Waals surface area contributed by atoms with Gasteiger partial charge in [-0.1, -0.05) is 30.3 Å². The molecule has 0 aliphatic carbocycles. The second-order valence-corrected chi connectivity index (χ2v) is 9.48. The van der Waals surface area contributed by atoms with Crippen LogP contribution in [0.25, 0.3) is 0 Å². The topological polar surface area (TPSA) is 94.2 Å². The Labute approximate surface area is 209 Å². The van der Waals surface area contributed by atoms with Crippen molar-refractivity contribution >= 4 is 38.9 Å². The summed E-state index contributed by atoms with van der Waals surface area (Å²) in [7, 11) is -1.31. The van der Waals surface area contributed by atoms with E-state index in [-0.39, 0.29) is 16.3 Å². The van der Waals surface area contributed by atoms with E-state index >= 15 is 0 Å². The fraction of sp³-hybridized carbons (Fsp3) is 0.160. The first-order valence-corrected chi connectivity index (χ1v) is 12.2. The second-order valence-electron chi connectivity index (χ2n) is 7.18. The fourth-order valence-corrected chi connectivity index (χ4v) is 4.74. The number of anilines is 2. The van der Waals surface area contributed by atoms with Crippen LogP contribution < -0.4 is 23.8 Å². The Morgan fingerprint density at radius 1 is 1.03 bits per heavy atom. The Bertz CT molecular complexity index is 1300. The number of carbonyl (C=O) groups excluding carboxylic acids is 1. The van der Waals surface area contributed by atoms with Gasteiger partial charge < -0.3 is 19.5 Å². The summed E-state index contributed by atoms with van der Waals surface area (Å²) >= 11 is 5.99. The molecular formula is C25H25ClN2O6S. The minimum Gasteiger partial charge on any atom is -0.493 e. The van der Waals surface area contributed by atoms with E-state index in [0.29, 0.717) is 28.8 Å². The standard InChI is InChI=1S/C25H25ClN2O6S/c1-4-14-34-21-7-5-6-19(15-21)27-25(29)17-28(20-10-8-18(26)9-11-20)35(30,31)22-12-13-23(32-2)24(16-22)33-3/h4-13,15-16H,1,14,17H2,2-3H3,(H,27,29). The number of benzene rings is 3. The van der Waals surface area contributed by atoms with Crippen molar-refractivity contribution in [3.05, 3.63) is 84.4 Å². The Kier molecular flexibility index (Phi) is 8.62. The largest absolute Gasteiger partial charge is 0.493 e. The molecule has 0 heterocycles. The minimum absolute atomic E-state index is 0.0716. The maximum absolute atomic E-state index is 13.6. The van der Waals surface area contributed by atoms with E-state index < -0.39 is 22.5 Å². The quantitative estimate of drug-likeness (QED) is 0.369. The normalized spacial score (nSPS) is 10.8. The van der Waals surface area contributed by atoms with E-state index in [9.17, 15) is 13.2 Å². The smallest absolute Gasteiger partial charge is 0.264 e. The van der Waals surface area contributed by atoms with Crippen LogP contribution in [-0.4, -0.2) is 41.7 Å². The molecule has 3 rings (SSSR count). The number of rotatable bonds is 11. The van der Waals surface area contributed by atoms with Crippen molar-refractivity contribution in [2.24, 2.45) is 0 Å². The van der Waals surface area contributed by atoms with Crippen LogP contribution in [0.4, 0.5) is 11.4 Å². The molecule has 0 spiro atoms. The molecule has 1 amide bonds. The highest BCUT2D eigenvalue weighted by molar-refractivity contribution is 7.92. The second kappa shape index (κ2) is 11.6. The van der Waals surface area contributed by atoms with E-state index in [1.54, 1.807) is 42.5 Å². The van der Waals surface area contributed by atoms with Crippen LogP contribution >= 0.6 is 11.6 Å². The Morgan fingerprint density at radius 3 is 2.40 bits per heavy atom. The van der Waals surface area contributed by atoms with Crippen LogP contribution in [0.1, 0.15) is 0 Å². The van der Waals surface area contributed by atoms with E-state index in [2.05, 4.69) is 11.9 Å². The lowest BCUT2D eigenvalue weighted by atomic mass is 10.3. The highest BCUT2D eigenvalue weighted by Gasteiger charge is 2.28. The number of sulfonamides is 1. The van der Waals surface area contributed by atoms with E-state index in [1.807, 2.05) is 0 Å². The highest BCUT2D eigenvalue weighted by atomic mass is 35.5. The van der Waals surface area contributed by atoms with E-state index in [4.69, 9.17) is 25.8 Å². The predicted molar refractivity (Wildman–Crippen MR) is 136 cm³/mol. The van der Waals surface area contributed by atoms with E-state index in [1.165, 1.54) is 44.6 Å². The molecule has 184 valence electrons. The third-order valence-corrected chi connectivity index (χ3v) is 6.85. The molecule has 35 heavy (non-hydrogen) atoms. The van der Waals surface area contributed by atoms with Gasteiger partial charge >= 0.3 is 0 Å². The molecular weight excluding hydrogens is 492 g/mol. The number of hydrogen-bond acceptors (Lipinski definition) is 6. The van der Waals surface area contributed by atoms with Gasteiger partial charge in [0.15, 0.2) is 11.5 Å². The van der Waals surface area contributed by atoms with Gasteiger partial charge in [0, 0.05) is 22.8 Å². The van der Waals surface area contributed by atoms with Crippen molar-refractivity contribution in [2.75, 3.05) is 37.0 Å². The lowest BCUT2D eigenvalue weighted by Crippen LogP contribution is -2.38. The van der Waals surface area contributed by atoms with Crippen molar-refractivity contribution in [2.45, 2.75) is 4.90 Å². The first-order chi connectivity index (χ1) is 16.8. The van der Waals surface area contributed by atoms with Crippen molar-refractivity contribution in [3.8, 4) is 17.2 Å². The number of hydrogen-bond donors (Lipinski definition) is 1. The summed E-state index contributed by atoms with van der Waals surface area (Å²) < 4.78 is 44.2. The molecule has 0 saturated carbocycles. The van der Waals surface area contributed by atoms with Gasteiger partial charge in [0.25, 0.3) is 10.0 Å². The zero-order valence-corrected chi connectivity index (χ0v) is 20.8. The summed E-state index contributed by atoms with van der Waals surface area (Å²) in [5, 5.41) is 3.14. The predicted octanol–water partition coefficient (Wildman–Crippen LogP) is 4.76. The zero-order chi connectivity index (χ0) is 25.4. The first-order valence-electron chi connectivity index (χ1n) is 10.4. The average molecular weight is 517 g/mol. The summed E-state index contributed by atoms with van der Waals surface area (Å²) in [6.07, 6.45) is 1.61. The fourth-order valence-electron chi connectivity index (χ4n) is 3.18. The minimum atomic E-state index is -4.17.